The van der Waals surface area contributed by atoms with Gasteiger partial charge in [0.2, 0.25) is 0 Å². The van der Waals surface area contributed by atoms with E-state index in [1.54, 1.807) is 18.2 Å². The fourth-order valence-electron chi connectivity index (χ4n) is 3.70. The number of nitrogens with one attached hydrogen (secondary N) is 3. The van der Waals surface area contributed by atoms with Crippen LogP contribution in [0.1, 0.15) is 5.56 Å². The number of nitrogen functional groups attached to an aromatic ring is 1. The van der Waals surface area contributed by atoms with Gasteiger partial charge in [0.15, 0.2) is 23.1 Å². The van der Waals surface area contributed by atoms with Gasteiger partial charge in [0.25, 0.3) is 0 Å². The molecule has 0 aliphatic heterocycles. The molecule has 192 valence electrons. The Bertz CT molecular complexity index is 1630. The van der Waals surface area contributed by atoms with E-state index in [1.165, 1.54) is 23.9 Å². The van der Waals surface area contributed by atoms with Crippen LogP contribution in [0.5, 0.6) is 0 Å². The summed E-state index contributed by atoms with van der Waals surface area (Å²) < 4.78 is 34.7. The molecule has 5 rings (SSSR count). The number of fused-ring (bicyclic) bond motifs is 1. The number of para-hydroxylation sites is 1. The summed E-state index contributed by atoms with van der Waals surface area (Å²) in [5.41, 5.74) is 13.7. The number of hydrogen-bond acceptors (Lipinski definition) is 9. The molecule has 1 amide bonds. The molecule has 11 nitrogen and oxygen atoms in total. The third kappa shape index (κ3) is 4.97. The molecule has 0 atom stereocenters. The molecule has 13 heteroatoms. The number of anilines is 4. The Hall–Kier alpha value is -5.33. The molecular weight excluding hydrogens is 496 g/mol. The van der Waals surface area contributed by atoms with Crippen molar-refractivity contribution in [2.45, 2.75) is 6.54 Å². The van der Waals surface area contributed by atoms with E-state index in [-0.39, 0.29) is 46.4 Å². The number of aromatic nitrogens is 5. The molecule has 5 N–H and O–H groups in total. The van der Waals surface area contributed by atoms with Crippen LogP contribution in [-0.4, -0.2) is 37.9 Å². The molecule has 2 aromatic carbocycles. The zero-order chi connectivity index (χ0) is 26.6. The SMILES string of the molecule is COC(=O)Nc1nc(-c2nn(Cc3ccccc3F)c3ncc(F)cc23)nc(N)c1NNc1ccccc1. The van der Waals surface area contributed by atoms with E-state index in [9.17, 15) is 13.6 Å². The maximum atomic E-state index is 14.3. The van der Waals surface area contributed by atoms with Crippen LogP contribution in [0, 0.1) is 11.6 Å². The molecule has 3 heterocycles. The largest absolute Gasteiger partial charge is 0.453 e. The van der Waals surface area contributed by atoms with E-state index in [0.717, 1.165) is 6.20 Å². The van der Waals surface area contributed by atoms with Gasteiger partial charge in [-0.1, -0.05) is 36.4 Å². The van der Waals surface area contributed by atoms with Gasteiger partial charge < -0.3 is 15.9 Å². The first-order chi connectivity index (χ1) is 18.4. The highest BCUT2D eigenvalue weighted by Crippen LogP contribution is 2.32. The number of amides is 1. The predicted molar refractivity (Wildman–Crippen MR) is 138 cm³/mol. The lowest BCUT2D eigenvalue weighted by atomic mass is 10.2. The third-order valence-corrected chi connectivity index (χ3v) is 5.49. The summed E-state index contributed by atoms with van der Waals surface area (Å²) in [5, 5.41) is 7.27. The van der Waals surface area contributed by atoms with Crippen LogP contribution in [0.25, 0.3) is 22.6 Å². The van der Waals surface area contributed by atoms with Gasteiger partial charge in [-0.2, -0.15) is 5.10 Å². The van der Waals surface area contributed by atoms with E-state index in [2.05, 4.69) is 36.2 Å². The quantitative estimate of drug-likeness (QED) is 0.231. The van der Waals surface area contributed by atoms with Crippen molar-refractivity contribution in [2.75, 3.05) is 29.0 Å². The Morgan fingerprint density at radius 2 is 1.82 bits per heavy atom. The van der Waals surface area contributed by atoms with Crippen molar-refractivity contribution in [2.24, 2.45) is 0 Å². The van der Waals surface area contributed by atoms with E-state index < -0.39 is 17.7 Å². The number of rotatable bonds is 7. The zero-order valence-electron chi connectivity index (χ0n) is 19.9. The third-order valence-electron chi connectivity index (χ3n) is 5.49. The molecule has 0 fully saturated rings. The van der Waals surface area contributed by atoms with Gasteiger partial charge in [0, 0.05) is 5.56 Å². The minimum atomic E-state index is -0.806. The summed E-state index contributed by atoms with van der Waals surface area (Å²) in [4.78, 5) is 25.0. The number of nitrogens with zero attached hydrogens (tertiary/aromatic N) is 5. The molecule has 0 spiro atoms. The number of hydrogen-bond donors (Lipinski definition) is 4. The number of methoxy groups -OCH3 is 1. The summed E-state index contributed by atoms with van der Waals surface area (Å²) >= 11 is 0. The number of hydrazine groups is 1. The monoisotopic (exact) mass is 517 g/mol. The van der Waals surface area contributed by atoms with Crippen molar-refractivity contribution in [1.82, 2.24) is 24.7 Å². The zero-order valence-corrected chi connectivity index (χ0v) is 19.9. The molecule has 0 saturated carbocycles. The van der Waals surface area contributed by atoms with Crippen molar-refractivity contribution in [3.63, 3.8) is 0 Å². The summed E-state index contributed by atoms with van der Waals surface area (Å²) in [6.07, 6.45) is 0.229. The van der Waals surface area contributed by atoms with Crippen LogP contribution >= 0.6 is 0 Å². The minimum Gasteiger partial charge on any atom is -0.453 e. The number of benzene rings is 2. The van der Waals surface area contributed by atoms with Crippen LogP contribution in [-0.2, 0) is 11.3 Å². The smallest absolute Gasteiger partial charge is 0.412 e. The van der Waals surface area contributed by atoms with E-state index in [4.69, 9.17) is 10.5 Å². The van der Waals surface area contributed by atoms with Crippen LogP contribution in [0.15, 0.2) is 66.9 Å². The van der Waals surface area contributed by atoms with Gasteiger partial charge in [-0.3, -0.25) is 10.7 Å². The first-order valence-electron chi connectivity index (χ1n) is 11.3. The standard InChI is InChI=1S/C25H21F2N9O2/c1-38-25(37)32-23-20(34-33-16-8-3-2-4-9-16)21(28)30-22(31-23)19-17-11-15(26)12-29-24(17)36(35-19)13-14-7-5-6-10-18(14)27/h2-12,33-34H,13H2,1H3,(H3,28,30,31,32,37). The Kier molecular flexibility index (Phi) is 6.63. The summed E-state index contributed by atoms with van der Waals surface area (Å²) in [7, 11) is 1.20. The number of carbonyl (C=O) groups excluding carboxylic acids is 1. The van der Waals surface area contributed by atoms with Crippen molar-refractivity contribution in [3.05, 3.63) is 84.1 Å². The summed E-state index contributed by atoms with van der Waals surface area (Å²) in [6.45, 7) is 0.0190. The molecule has 5 aromatic rings. The van der Waals surface area contributed by atoms with Crippen molar-refractivity contribution < 1.29 is 18.3 Å². The Morgan fingerprint density at radius 3 is 2.58 bits per heavy atom. The topological polar surface area (TPSA) is 145 Å². The van der Waals surface area contributed by atoms with Gasteiger partial charge in [0.1, 0.15) is 23.0 Å². The normalized spacial score (nSPS) is 10.8. The lowest BCUT2D eigenvalue weighted by molar-refractivity contribution is 0.187. The van der Waals surface area contributed by atoms with Crippen LogP contribution in [0.3, 0.4) is 0 Å². The lowest BCUT2D eigenvalue weighted by Crippen LogP contribution is -2.19. The predicted octanol–water partition coefficient (Wildman–Crippen LogP) is 4.41. The Labute approximate surface area is 214 Å². The number of pyridine rings is 1. The van der Waals surface area contributed by atoms with Gasteiger partial charge in [-0.25, -0.2) is 33.2 Å². The molecule has 0 unspecified atom stereocenters. The molecular formula is C25H21F2N9O2. The van der Waals surface area contributed by atoms with Crippen LogP contribution < -0.4 is 21.9 Å². The first kappa shape index (κ1) is 24.4. The molecule has 38 heavy (non-hydrogen) atoms. The summed E-state index contributed by atoms with van der Waals surface area (Å²) in [6, 6.07) is 16.6. The van der Waals surface area contributed by atoms with Gasteiger partial charge in [-0.05, 0) is 24.3 Å². The lowest BCUT2D eigenvalue weighted by Gasteiger charge is -2.16. The van der Waals surface area contributed by atoms with Crippen LogP contribution in [0.2, 0.25) is 0 Å². The van der Waals surface area contributed by atoms with E-state index >= 15 is 0 Å². The second kappa shape index (κ2) is 10.3. The van der Waals surface area contributed by atoms with Crippen LogP contribution in [0.4, 0.5) is 36.6 Å². The van der Waals surface area contributed by atoms with Crippen molar-refractivity contribution in [1.29, 1.82) is 0 Å². The first-order valence-corrected chi connectivity index (χ1v) is 11.3. The van der Waals surface area contributed by atoms with E-state index in [0.29, 0.717) is 11.3 Å². The number of halogens is 2. The number of nitrogens with two attached hydrogens (primary N) is 1. The van der Waals surface area contributed by atoms with Gasteiger partial charge in [0.05, 0.1) is 30.9 Å². The fourth-order valence-corrected chi connectivity index (χ4v) is 3.70. The van der Waals surface area contributed by atoms with Crippen molar-refractivity contribution in [3.8, 4) is 11.5 Å². The molecule has 0 aliphatic carbocycles. The molecule has 0 aliphatic rings. The maximum Gasteiger partial charge on any atom is 0.412 e. The molecule has 0 bridgehead atoms. The highest BCUT2D eigenvalue weighted by molar-refractivity contribution is 5.94. The van der Waals surface area contributed by atoms with Gasteiger partial charge >= 0.3 is 6.09 Å². The average molecular weight is 518 g/mol. The Balaban J connectivity index is 1.59. The second-order valence-electron chi connectivity index (χ2n) is 8.01. The second-order valence-corrected chi connectivity index (χ2v) is 8.01. The molecule has 0 saturated heterocycles. The minimum absolute atomic E-state index is 0.0190. The van der Waals surface area contributed by atoms with Crippen molar-refractivity contribution >= 4 is 40.1 Å². The maximum absolute atomic E-state index is 14.3. The number of carbonyl (C=O) groups is 1. The highest BCUT2D eigenvalue weighted by Gasteiger charge is 2.22. The Morgan fingerprint density at radius 1 is 1.05 bits per heavy atom. The molecule has 3 aromatic heterocycles. The van der Waals surface area contributed by atoms with E-state index in [1.807, 2.05) is 30.3 Å². The highest BCUT2D eigenvalue weighted by atomic mass is 19.1. The fraction of sp³-hybridized carbons (Fsp3) is 0.0800. The average Bonchev–Trinajstić information content (AvgIpc) is 3.27. The molecule has 0 radical (unpaired) electrons. The van der Waals surface area contributed by atoms with Gasteiger partial charge in [-0.15, -0.1) is 0 Å². The number of ether oxygens (including phenoxy) is 1. The summed E-state index contributed by atoms with van der Waals surface area (Å²) in [5.74, 6) is -1.14.